The predicted molar refractivity (Wildman–Crippen MR) is 74.1 cm³/mol. The van der Waals surface area contributed by atoms with Gasteiger partial charge in [0.05, 0.1) is 13.2 Å². The van der Waals surface area contributed by atoms with Crippen LogP contribution in [0.2, 0.25) is 0 Å². The Bertz CT molecular complexity index is 480. The molecule has 0 saturated carbocycles. The van der Waals surface area contributed by atoms with Crippen LogP contribution in [0.25, 0.3) is 0 Å². The van der Waals surface area contributed by atoms with E-state index in [4.69, 9.17) is 4.74 Å². The zero-order valence-electron chi connectivity index (χ0n) is 11.2. The van der Waals surface area contributed by atoms with E-state index in [9.17, 15) is 0 Å². The van der Waals surface area contributed by atoms with Crippen LogP contribution in [0.4, 0.5) is 0 Å². The van der Waals surface area contributed by atoms with Gasteiger partial charge in [0.25, 0.3) is 0 Å². The van der Waals surface area contributed by atoms with Crippen molar-refractivity contribution in [2.45, 2.75) is 27.0 Å². The van der Waals surface area contributed by atoms with E-state index < -0.39 is 0 Å². The number of aromatic nitrogens is 1. The summed E-state index contributed by atoms with van der Waals surface area (Å²) in [5.74, 6) is 0. The molecule has 1 heterocycles. The van der Waals surface area contributed by atoms with E-state index in [0.717, 1.165) is 6.54 Å². The zero-order chi connectivity index (χ0) is 13.0. The Morgan fingerprint density at radius 3 is 2.06 bits per heavy atom. The van der Waals surface area contributed by atoms with E-state index in [-0.39, 0.29) is 0 Å². The maximum Gasteiger partial charge on any atom is 0.0713 e. The van der Waals surface area contributed by atoms with Crippen molar-refractivity contribution in [1.82, 2.24) is 4.68 Å². The van der Waals surface area contributed by atoms with Crippen LogP contribution in [0.1, 0.15) is 22.5 Å². The number of methoxy groups -OCH3 is 1. The second-order valence-corrected chi connectivity index (χ2v) is 4.54. The van der Waals surface area contributed by atoms with Gasteiger partial charge >= 0.3 is 0 Å². The molecule has 3 heteroatoms. The molecule has 0 unspecified atom stereocenters. The van der Waals surface area contributed by atoms with Crippen molar-refractivity contribution < 1.29 is 4.74 Å². The van der Waals surface area contributed by atoms with Gasteiger partial charge in [-0.15, -0.1) is 0 Å². The molecule has 1 N–H and O–H groups in total. The van der Waals surface area contributed by atoms with E-state index in [1.165, 1.54) is 22.5 Å². The lowest BCUT2D eigenvalue weighted by molar-refractivity contribution is 0.185. The topological polar surface area (TPSA) is 26.2 Å². The second kappa shape index (κ2) is 5.74. The fourth-order valence-corrected chi connectivity index (χ4v) is 2.01. The lowest BCUT2D eigenvalue weighted by atomic mass is 10.1. The largest absolute Gasteiger partial charge is 0.380 e. The highest BCUT2D eigenvalue weighted by Crippen LogP contribution is 2.08. The SMILES string of the molecule is COCc1ccc(CNn2c(C)ccc2C)cc1. The monoisotopic (exact) mass is 244 g/mol. The minimum atomic E-state index is 0.670. The molecule has 0 saturated heterocycles. The van der Waals surface area contributed by atoms with Gasteiger partial charge in [-0.1, -0.05) is 24.3 Å². The number of hydrogen-bond donors (Lipinski definition) is 1. The van der Waals surface area contributed by atoms with E-state index in [2.05, 4.69) is 60.3 Å². The van der Waals surface area contributed by atoms with Crippen LogP contribution in [0.3, 0.4) is 0 Å². The molecule has 2 aromatic rings. The highest BCUT2D eigenvalue weighted by atomic mass is 16.5. The third kappa shape index (κ3) is 2.93. The zero-order valence-corrected chi connectivity index (χ0v) is 11.2. The van der Waals surface area contributed by atoms with Crippen molar-refractivity contribution in [2.75, 3.05) is 12.5 Å². The molecular weight excluding hydrogens is 224 g/mol. The number of ether oxygens (including phenoxy) is 1. The van der Waals surface area contributed by atoms with Gasteiger partial charge in [-0.25, -0.2) is 0 Å². The number of aryl methyl sites for hydroxylation is 2. The normalized spacial score (nSPS) is 10.6. The Morgan fingerprint density at radius 2 is 1.50 bits per heavy atom. The van der Waals surface area contributed by atoms with Crippen molar-refractivity contribution in [2.24, 2.45) is 0 Å². The molecule has 2 rings (SSSR count). The molecule has 3 nitrogen and oxygen atoms in total. The average Bonchev–Trinajstić information content (AvgIpc) is 2.69. The lowest BCUT2D eigenvalue weighted by Gasteiger charge is -2.13. The van der Waals surface area contributed by atoms with Crippen molar-refractivity contribution in [3.05, 3.63) is 58.9 Å². The molecule has 0 bridgehead atoms. The van der Waals surface area contributed by atoms with E-state index in [0.29, 0.717) is 6.61 Å². The number of benzene rings is 1. The quantitative estimate of drug-likeness (QED) is 0.875. The molecule has 96 valence electrons. The summed E-state index contributed by atoms with van der Waals surface area (Å²) in [6.45, 7) is 5.69. The maximum absolute atomic E-state index is 5.10. The standard InChI is InChI=1S/C15H20N2O/c1-12-4-5-13(2)17(12)16-10-14-6-8-15(9-7-14)11-18-3/h4-9,16H,10-11H2,1-3H3. The van der Waals surface area contributed by atoms with Crippen LogP contribution in [-0.4, -0.2) is 11.8 Å². The predicted octanol–water partition coefficient (Wildman–Crippen LogP) is 3.00. The fourth-order valence-electron chi connectivity index (χ4n) is 2.01. The molecule has 0 radical (unpaired) electrons. The first-order valence-corrected chi connectivity index (χ1v) is 6.16. The Morgan fingerprint density at radius 1 is 0.944 bits per heavy atom. The summed E-state index contributed by atoms with van der Waals surface area (Å²) < 4.78 is 7.21. The molecule has 0 atom stereocenters. The van der Waals surface area contributed by atoms with Gasteiger partial charge in [0.15, 0.2) is 0 Å². The van der Waals surface area contributed by atoms with Crippen LogP contribution in [0.5, 0.6) is 0 Å². The third-order valence-electron chi connectivity index (χ3n) is 3.05. The summed E-state index contributed by atoms with van der Waals surface area (Å²) in [4.78, 5) is 0. The minimum Gasteiger partial charge on any atom is -0.380 e. The highest BCUT2D eigenvalue weighted by Gasteiger charge is 2.00. The Balaban J connectivity index is 1.98. The smallest absolute Gasteiger partial charge is 0.0713 e. The van der Waals surface area contributed by atoms with Crippen LogP contribution in [-0.2, 0) is 17.9 Å². The summed E-state index contributed by atoms with van der Waals surface area (Å²) in [5, 5.41) is 0. The number of rotatable bonds is 5. The summed E-state index contributed by atoms with van der Waals surface area (Å²) in [5.41, 5.74) is 8.33. The molecule has 1 aromatic heterocycles. The molecule has 0 amide bonds. The molecule has 0 aliphatic rings. The highest BCUT2D eigenvalue weighted by molar-refractivity contribution is 5.23. The summed E-state index contributed by atoms with van der Waals surface area (Å²) in [7, 11) is 1.72. The Hall–Kier alpha value is -1.74. The summed E-state index contributed by atoms with van der Waals surface area (Å²) in [6, 6.07) is 12.7. The molecule has 18 heavy (non-hydrogen) atoms. The van der Waals surface area contributed by atoms with Crippen LogP contribution < -0.4 is 5.43 Å². The number of hydrogen-bond acceptors (Lipinski definition) is 2. The molecule has 0 fully saturated rings. The van der Waals surface area contributed by atoms with Gasteiger partial charge in [-0.2, -0.15) is 0 Å². The molecule has 1 aromatic carbocycles. The Labute approximate surface area is 108 Å². The van der Waals surface area contributed by atoms with Gasteiger partial charge < -0.3 is 10.2 Å². The van der Waals surface area contributed by atoms with Crippen molar-refractivity contribution >= 4 is 0 Å². The van der Waals surface area contributed by atoms with Crippen molar-refractivity contribution in [3.63, 3.8) is 0 Å². The first-order valence-electron chi connectivity index (χ1n) is 6.16. The van der Waals surface area contributed by atoms with Gasteiger partial charge in [-0.3, -0.25) is 4.68 Å². The fraction of sp³-hybridized carbons (Fsp3) is 0.333. The number of nitrogens with zero attached hydrogens (tertiary/aromatic N) is 1. The summed E-state index contributed by atoms with van der Waals surface area (Å²) in [6.07, 6.45) is 0. The van der Waals surface area contributed by atoms with Gasteiger partial charge in [0.1, 0.15) is 0 Å². The van der Waals surface area contributed by atoms with Crippen LogP contribution in [0, 0.1) is 13.8 Å². The number of nitrogens with one attached hydrogen (secondary N) is 1. The maximum atomic E-state index is 5.10. The van der Waals surface area contributed by atoms with Crippen molar-refractivity contribution in [3.8, 4) is 0 Å². The van der Waals surface area contributed by atoms with E-state index in [1.807, 2.05) is 0 Å². The van der Waals surface area contributed by atoms with Crippen LogP contribution in [0.15, 0.2) is 36.4 Å². The second-order valence-electron chi connectivity index (χ2n) is 4.54. The first kappa shape index (κ1) is 12.7. The lowest BCUT2D eigenvalue weighted by Crippen LogP contribution is -2.16. The van der Waals surface area contributed by atoms with Gasteiger partial charge in [-0.05, 0) is 37.1 Å². The molecule has 0 aliphatic carbocycles. The van der Waals surface area contributed by atoms with Gasteiger partial charge in [0.2, 0.25) is 0 Å². The first-order chi connectivity index (χ1) is 8.70. The molecule has 0 aliphatic heterocycles. The molecule has 0 spiro atoms. The Kier molecular flexibility index (Phi) is 4.05. The summed E-state index contributed by atoms with van der Waals surface area (Å²) >= 11 is 0. The van der Waals surface area contributed by atoms with Gasteiger partial charge in [0, 0.05) is 18.5 Å². The van der Waals surface area contributed by atoms with Crippen LogP contribution >= 0.6 is 0 Å². The van der Waals surface area contributed by atoms with E-state index in [1.54, 1.807) is 7.11 Å². The third-order valence-corrected chi connectivity index (χ3v) is 3.05. The molecular formula is C15H20N2O. The minimum absolute atomic E-state index is 0.670. The average molecular weight is 244 g/mol. The van der Waals surface area contributed by atoms with E-state index >= 15 is 0 Å². The van der Waals surface area contributed by atoms with Crippen molar-refractivity contribution in [1.29, 1.82) is 0 Å².